The largest absolute Gasteiger partial charge is 0.478 e. The van der Waals surface area contributed by atoms with Gasteiger partial charge < -0.3 is 10.0 Å². The summed E-state index contributed by atoms with van der Waals surface area (Å²) < 4.78 is 13.7. The first-order chi connectivity index (χ1) is 15.8. The highest BCUT2D eigenvalue weighted by molar-refractivity contribution is 5.87. The van der Waals surface area contributed by atoms with Crippen LogP contribution in [0, 0.1) is 17.2 Å². The molecule has 0 aliphatic carbocycles. The summed E-state index contributed by atoms with van der Waals surface area (Å²) in [6, 6.07) is 13.9. The van der Waals surface area contributed by atoms with E-state index in [1.54, 1.807) is 24.3 Å². The highest BCUT2D eigenvalue weighted by Gasteiger charge is 2.52. The molecule has 0 aromatic heterocycles. The van der Waals surface area contributed by atoms with Crippen molar-refractivity contribution in [2.45, 2.75) is 52.1 Å². The number of aromatic carboxylic acids is 1. The molecule has 2 aromatic rings. The van der Waals surface area contributed by atoms with Gasteiger partial charge in [-0.3, -0.25) is 9.69 Å². The topological polar surface area (TPSA) is 60.9 Å². The molecule has 0 saturated carbocycles. The first-order valence-corrected chi connectivity index (χ1v) is 11.9. The minimum atomic E-state index is -0.917. The minimum Gasteiger partial charge on any atom is -0.478 e. The Kier molecular flexibility index (Phi) is 6.84. The molecule has 1 amide bonds. The maximum atomic E-state index is 13.7. The third kappa shape index (κ3) is 5.27. The summed E-state index contributed by atoms with van der Waals surface area (Å²) in [7, 11) is 0. The number of carboxylic acids is 1. The van der Waals surface area contributed by atoms with Crippen molar-refractivity contribution in [3.8, 4) is 0 Å². The first kappa shape index (κ1) is 23.4. The van der Waals surface area contributed by atoms with Gasteiger partial charge in [-0.15, -0.1) is 0 Å². The molecule has 5 nitrogen and oxygen atoms in total. The summed E-state index contributed by atoms with van der Waals surface area (Å²) in [6.07, 6.45) is 3.18. The van der Waals surface area contributed by atoms with Crippen molar-refractivity contribution >= 4 is 11.9 Å². The van der Waals surface area contributed by atoms with Crippen molar-refractivity contribution in [1.29, 1.82) is 0 Å². The number of benzene rings is 2. The smallest absolute Gasteiger partial charge is 0.335 e. The Labute approximate surface area is 195 Å². The van der Waals surface area contributed by atoms with Crippen LogP contribution in [0.2, 0.25) is 0 Å². The number of carbonyl (C=O) groups is 2. The number of hydrogen-bond donors (Lipinski definition) is 1. The van der Waals surface area contributed by atoms with Crippen LogP contribution in [0.25, 0.3) is 0 Å². The van der Waals surface area contributed by atoms with Crippen molar-refractivity contribution < 1.29 is 19.1 Å². The van der Waals surface area contributed by atoms with Crippen molar-refractivity contribution in [2.75, 3.05) is 19.6 Å². The van der Waals surface area contributed by atoms with Gasteiger partial charge in [0.25, 0.3) is 0 Å². The van der Waals surface area contributed by atoms with Crippen LogP contribution in [-0.4, -0.2) is 52.5 Å². The molecule has 2 heterocycles. The summed E-state index contributed by atoms with van der Waals surface area (Å²) >= 11 is 0. The lowest BCUT2D eigenvalue weighted by Gasteiger charge is -2.38. The number of nitrogens with zero attached hydrogens (tertiary/aromatic N) is 2. The zero-order valence-corrected chi connectivity index (χ0v) is 19.5. The number of likely N-dealkylation sites (tertiary alicyclic amines) is 2. The van der Waals surface area contributed by atoms with E-state index in [4.69, 9.17) is 5.11 Å². The Balaban J connectivity index is 1.43. The SMILES string of the molecule is CC(C)CN1C(=O)C2(CCN(Cc3ccc(C(=O)O)cc3)CC2)C[C@@H]1Cc1cccc(F)c1. The minimum absolute atomic E-state index is 0.108. The lowest BCUT2D eigenvalue weighted by molar-refractivity contribution is -0.139. The molecule has 176 valence electrons. The molecule has 6 heteroatoms. The Morgan fingerprint density at radius 3 is 2.42 bits per heavy atom. The molecule has 2 aromatic carbocycles. The monoisotopic (exact) mass is 452 g/mol. The average Bonchev–Trinajstić information content (AvgIpc) is 3.01. The second-order valence-electron chi connectivity index (χ2n) is 10.1. The zero-order valence-electron chi connectivity index (χ0n) is 19.5. The molecule has 4 rings (SSSR count). The molecular weight excluding hydrogens is 419 g/mol. The fraction of sp³-hybridized carbons (Fsp3) is 0.481. The number of hydrogen-bond acceptors (Lipinski definition) is 3. The maximum Gasteiger partial charge on any atom is 0.335 e. The van der Waals surface area contributed by atoms with E-state index >= 15 is 0 Å². The molecular formula is C27H33FN2O3. The second kappa shape index (κ2) is 9.64. The van der Waals surface area contributed by atoms with Crippen LogP contribution < -0.4 is 0 Å². The van der Waals surface area contributed by atoms with Gasteiger partial charge in [0.1, 0.15) is 5.82 Å². The number of carbonyl (C=O) groups excluding carboxylic acids is 1. The average molecular weight is 453 g/mol. The van der Waals surface area contributed by atoms with Crippen LogP contribution in [0.3, 0.4) is 0 Å². The van der Waals surface area contributed by atoms with Gasteiger partial charge in [0, 0.05) is 19.1 Å². The van der Waals surface area contributed by atoms with E-state index in [1.165, 1.54) is 6.07 Å². The standard InChI is InChI=1S/C27H33FN2O3/c1-19(2)17-30-24(15-21-4-3-5-23(28)14-21)16-27(26(30)33)10-12-29(13-11-27)18-20-6-8-22(9-7-20)25(31)32/h3-9,14,19,24H,10-13,15-18H2,1-2H3,(H,31,32)/t24-/m0/s1. The van der Waals surface area contributed by atoms with Gasteiger partial charge in [-0.25, -0.2) is 9.18 Å². The van der Waals surface area contributed by atoms with Crippen molar-refractivity contribution in [2.24, 2.45) is 11.3 Å². The Morgan fingerprint density at radius 2 is 1.82 bits per heavy atom. The summed E-state index contributed by atoms with van der Waals surface area (Å²) in [5, 5.41) is 9.08. The van der Waals surface area contributed by atoms with E-state index in [-0.39, 0.29) is 23.2 Å². The van der Waals surface area contributed by atoms with Crippen LogP contribution >= 0.6 is 0 Å². The predicted octanol–water partition coefficient (Wildman–Crippen LogP) is 4.61. The molecule has 2 aliphatic heterocycles. The lowest BCUT2D eigenvalue weighted by atomic mass is 9.75. The Morgan fingerprint density at radius 1 is 1.12 bits per heavy atom. The molecule has 0 unspecified atom stereocenters. The number of piperidine rings is 1. The van der Waals surface area contributed by atoms with Gasteiger partial charge in [0.15, 0.2) is 0 Å². The zero-order chi connectivity index (χ0) is 23.6. The molecule has 0 bridgehead atoms. The van der Waals surface area contributed by atoms with Crippen molar-refractivity contribution in [3.63, 3.8) is 0 Å². The van der Waals surface area contributed by atoms with E-state index in [1.807, 2.05) is 18.2 Å². The van der Waals surface area contributed by atoms with Gasteiger partial charge >= 0.3 is 5.97 Å². The maximum absolute atomic E-state index is 13.7. The van der Waals surface area contributed by atoms with Crippen LogP contribution in [0.4, 0.5) is 4.39 Å². The molecule has 2 fully saturated rings. The normalized spacial score (nSPS) is 20.7. The van der Waals surface area contributed by atoms with Gasteiger partial charge in [-0.2, -0.15) is 0 Å². The number of amides is 1. The van der Waals surface area contributed by atoms with Crippen LogP contribution in [0.15, 0.2) is 48.5 Å². The molecule has 33 heavy (non-hydrogen) atoms. The third-order valence-corrected chi connectivity index (χ3v) is 7.12. The Bertz CT molecular complexity index is 997. The molecule has 2 aliphatic rings. The number of carboxylic acid groups (broad SMARTS) is 1. The highest BCUT2D eigenvalue weighted by atomic mass is 19.1. The number of rotatable bonds is 7. The van der Waals surface area contributed by atoms with E-state index in [9.17, 15) is 14.0 Å². The lowest BCUT2D eigenvalue weighted by Crippen LogP contribution is -2.45. The highest BCUT2D eigenvalue weighted by Crippen LogP contribution is 2.45. The van der Waals surface area contributed by atoms with Crippen LogP contribution in [0.5, 0.6) is 0 Å². The molecule has 1 N–H and O–H groups in total. The van der Waals surface area contributed by atoms with Crippen LogP contribution in [0.1, 0.15) is 54.6 Å². The van der Waals surface area contributed by atoms with Gasteiger partial charge in [-0.05, 0) is 80.1 Å². The Hall–Kier alpha value is -2.73. The number of halogens is 1. The van der Waals surface area contributed by atoms with E-state index < -0.39 is 5.97 Å². The van der Waals surface area contributed by atoms with Gasteiger partial charge in [0.05, 0.1) is 11.0 Å². The van der Waals surface area contributed by atoms with Crippen molar-refractivity contribution in [3.05, 3.63) is 71.0 Å². The van der Waals surface area contributed by atoms with E-state index in [0.717, 1.165) is 56.6 Å². The fourth-order valence-electron chi connectivity index (χ4n) is 5.43. The summed E-state index contributed by atoms with van der Waals surface area (Å²) in [5.41, 5.74) is 2.00. The molecule has 0 radical (unpaired) electrons. The van der Waals surface area contributed by atoms with Gasteiger partial charge in [-0.1, -0.05) is 38.1 Å². The third-order valence-electron chi connectivity index (χ3n) is 7.12. The summed E-state index contributed by atoms with van der Waals surface area (Å²) in [5.74, 6) is -0.498. The summed E-state index contributed by atoms with van der Waals surface area (Å²) in [6.45, 7) is 7.45. The quantitative estimate of drug-likeness (QED) is 0.667. The first-order valence-electron chi connectivity index (χ1n) is 11.9. The van der Waals surface area contributed by atoms with Crippen LogP contribution in [-0.2, 0) is 17.8 Å². The predicted molar refractivity (Wildman–Crippen MR) is 125 cm³/mol. The van der Waals surface area contributed by atoms with Gasteiger partial charge in [0.2, 0.25) is 5.91 Å². The fourth-order valence-corrected chi connectivity index (χ4v) is 5.43. The van der Waals surface area contributed by atoms with E-state index in [2.05, 4.69) is 23.6 Å². The second-order valence-corrected chi connectivity index (χ2v) is 10.1. The van der Waals surface area contributed by atoms with E-state index in [0.29, 0.717) is 17.9 Å². The molecule has 1 atom stereocenters. The summed E-state index contributed by atoms with van der Waals surface area (Å²) in [4.78, 5) is 29.1. The molecule has 1 spiro atoms. The molecule has 2 saturated heterocycles. The van der Waals surface area contributed by atoms with Crippen molar-refractivity contribution in [1.82, 2.24) is 9.80 Å².